The average molecular weight is 284 g/mol. The van der Waals surface area contributed by atoms with Crippen LogP contribution in [0, 0.1) is 0 Å². The highest BCUT2D eigenvalue weighted by Crippen LogP contribution is 2.26. The number of rotatable bonds is 4. The van der Waals surface area contributed by atoms with E-state index in [1.54, 1.807) is 11.7 Å². The molecule has 6 nitrogen and oxygen atoms in total. The Balaban J connectivity index is 2.65. The molecule has 2 aromatic heterocycles. The topological polar surface area (TPSA) is 64.7 Å². The van der Waals surface area contributed by atoms with Crippen LogP contribution in [0.2, 0.25) is 0 Å². The minimum Gasteiger partial charge on any atom is -0.358 e. The van der Waals surface area contributed by atoms with E-state index in [-0.39, 0.29) is 17.8 Å². The summed E-state index contributed by atoms with van der Waals surface area (Å²) in [6, 6.07) is 0. The largest absolute Gasteiger partial charge is 0.358 e. The number of aromatic nitrogens is 4. The van der Waals surface area contributed by atoms with Gasteiger partial charge in [-0.1, -0.05) is 6.92 Å². The SMILES string of the molecule is CCc1nn(C)c2c1nc(C(C)Cl)n2CC(=O)NC. The number of likely N-dealkylation sites (N-methyl/N-ethyl adjacent to an activating group) is 1. The molecule has 2 aromatic rings. The van der Waals surface area contributed by atoms with Gasteiger partial charge in [0, 0.05) is 14.1 Å². The molecule has 1 N–H and O–H groups in total. The number of alkyl halides is 1. The second-order valence-electron chi connectivity index (χ2n) is 4.44. The fraction of sp³-hybridized carbons (Fsp3) is 0.583. The summed E-state index contributed by atoms with van der Waals surface area (Å²) >= 11 is 6.17. The minimum absolute atomic E-state index is 0.0860. The van der Waals surface area contributed by atoms with Gasteiger partial charge in [0.05, 0.1) is 11.1 Å². The van der Waals surface area contributed by atoms with Crippen molar-refractivity contribution in [3.05, 3.63) is 11.5 Å². The molecule has 1 atom stereocenters. The van der Waals surface area contributed by atoms with Gasteiger partial charge in [-0.15, -0.1) is 11.6 Å². The Labute approximate surface area is 116 Å². The molecule has 2 heterocycles. The normalized spacial score (nSPS) is 12.9. The van der Waals surface area contributed by atoms with Gasteiger partial charge in [-0.25, -0.2) is 4.98 Å². The van der Waals surface area contributed by atoms with E-state index in [0.29, 0.717) is 5.82 Å². The van der Waals surface area contributed by atoms with E-state index < -0.39 is 0 Å². The zero-order valence-corrected chi connectivity index (χ0v) is 12.3. The minimum atomic E-state index is -0.262. The second-order valence-corrected chi connectivity index (χ2v) is 5.10. The van der Waals surface area contributed by atoms with E-state index in [0.717, 1.165) is 23.3 Å². The average Bonchev–Trinajstić information content (AvgIpc) is 2.88. The Kier molecular flexibility index (Phi) is 3.80. The summed E-state index contributed by atoms with van der Waals surface area (Å²) in [7, 11) is 3.47. The number of amides is 1. The predicted molar refractivity (Wildman–Crippen MR) is 74.2 cm³/mol. The lowest BCUT2D eigenvalue weighted by Gasteiger charge is -2.09. The van der Waals surface area contributed by atoms with Gasteiger partial charge in [0.1, 0.15) is 17.9 Å². The van der Waals surface area contributed by atoms with E-state index in [9.17, 15) is 4.79 Å². The molecular formula is C12H18ClN5O. The molecule has 0 saturated carbocycles. The molecule has 0 fully saturated rings. The summed E-state index contributed by atoms with van der Waals surface area (Å²) in [6.45, 7) is 4.08. The lowest BCUT2D eigenvalue weighted by atomic mass is 10.3. The van der Waals surface area contributed by atoms with Crippen molar-refractivity contribution in [2.45, 2.75) is 32.2 Å². The molecule has 0 aliphatic carbocycles. The Morgan fingerprint density at radius 2 is 2.21 bits per heavy atom. The van der Waals surface area contributed by atoms with Gasteiger partial charge in [0.15, 0.2) is 5.65 Å². The van der Waals surface area contributed by atoms with Crippen LogP contribution in [-0.4, -0.2) is 32.3 Å². The van der Waals surface area contributed by atoms with E-state index in [1.807, 2.05) is 25.5 Å². The first-order chi connectivity index (χ1) is 8.99. The van der Waals surface area contributed by atoms with Crippen LogP contribution in [0.25, 0.3) is 11.2 Å². The fourth-order valence-electron chi connectivity index (χ4n) is 2.18. The zero-order valence-electron chi connectivity index (χ0n) is 11.6. The first-order valence-electron chi connectivity index (χ1n) is 6.26. The number of carbonyl (C=O) groups is 1. The molecule has 0 aliphatic heterocycles. The maximum absolute atomic E-state index is 11.7. The lowest BCUT2D eigenvalue weighted by Crippen LogP contribution is -2.25. The van der Waals surface area contributed by atoms with Crippen LogP contribution < -0.4 is 5.32 Å². The Morgan fingerprint density at radius 1 is 1.53 bits per heavy atom. The lowest BCUT2D eigenvalue weighted by molar-refractivity contribution is -0.121. The van der Waals surface area contributed by atoms with Crippen LogP contribution in [0.4, 0.5) is 0 Å². The quantitative estimate of drug-likeness (QED) is 0.862. The van der Waals surface area contributed by atoms with Gasteiger partial charge in [0.2, 0.25) is 5.91 Å². The number of carbonyl (C=O) groups excluding carboxylic acids is 1. The van der Waals surface area contributed by atoms with Crippen LogP contribution in [0.3, 0.4) is 0 Å². The number of aryl methyl sites for hydroxylation is 2. The van der Waals surface area contributed by atoms with Gasteiger partial charge in [0.25, 0.3) is 0 Å². The van der Waals surface area contributed by atoms with Crippen LogP contribution in [-0.2, 0) is 24.8 Å². The molecule has 0 aliphatic rings. The van der Waals surface area contributed by atoms with Gasteiger partial charge < -0.3 is 9.88 Å². The van der Waals surface area contributed by atoms with E-state index in [4.69, 9.17) is 11.6 Å². The van der Waals surface area contributed by atoms with Gasteiger partial charge >= 0.3 is 0 Å². The third kappa shape index (κ3) is 2.32. The molecule has 1 unspecified atom stereocenters. The highest BCUT2D eigenvalue weighted by atomic mass is 35.5. The van der Waals surface area contributed by atoms with Crippen LogP contribution in [0.15, 0.2) is 0 Å². The van der Waals surface area contributed by atoms with Crippen LogP contribution in [0.1, 0.15) is 30.7 Å². The van der Waals surface area contributed by atoms with Gasteiger partial charge in [-0.3, -0.25) is 9.48 Å². The number of halogens is 1. The molecular weight excluding hydrogens is 266 g/mol. The van der Waals surface area contributed by atoms with Gasteiger partial charge in [-0.05, 0) is 13.3 Å². The van der Waals surface area contributed by atoms with Crippen molar-refractivity contribution in [3.63, 3.8) is 0 Å². The van der Waals surface area contributed by atoms with Crippen molar-refractivity contribution in [1.29, 1.82) is 0 Å². The first-order valence-corrected chi connectivity index (χ1v) is 6.69. The molecule has 2 rings (SSSR count). The first kappa shape index (κ1) is 13.9. The Morgan fingerprint density at radius 3 is 2.74 bits per heavy atom. The summed E-state index contributed by atoms with van der Waals surface area (Å²) < 4.78 is 3.59. The zero-order chi connectivity index (χ0) is 14.2. The standard InChI is InChI=1S/C12H18ClN5O/c1-5-8-10-12(17(4)16-8)18(6-9(19)14-3)11(15-10)7(2)13/h7H,5-6H2,1-4H3,(H,14,19). The molecule has 104 valence electrons. The monoisotopic (exact) mass is 283 g/mol. The van der Waals surface area contributed by atoms with Crippen molar-refractivity contribution in [3.8, 4) is 0 Å². The smallest absolute Gasteiger partial charge is 0.239 e. The van der Waals surface area contributed by atoms with E-state index in [1.165, 1.54) is 0 Å². The second kappa shape index (κ2) is 5.21. The highest BCUT2D eigenvalue weighted by molar-refractivity contribution is 6.20. The molecule has 0 radical (unpaired) electrons. The highest BCUT2D eigenvalue weighted by Gasteiger charge is 2.22. The third-order valence-corrected chi connectivity index (χ3v) is 3.29. The molecule has 1 amide bonds. The number of hydrogen-bond acceptors (Lipinski definition) is 3. The Hall–Kier alpha value is -1.56. The molecule has 7 heteroatoms. The van der Waals surface area contributed by atoms with Crippen molar-refractivity contribution in [1.82, 2.24) is 24.6 Å². The summed E-state index contributed by atoms with van der Waals surface area (Å²) in [4.78, 5) is 16.2. The van der Waals surface area contributed by atoms with E-state index in [2.05, 4.69) is 15.4 Å². The molecule has 0 aromatic carbocycles. The van der Waals surface area contributed by atoms with Crippen LogP contribution >= 0.6 is 11.6 Å². The van der Waals surface area contributed by atoms with Crippen molar-refractivity contribution < 1.29 is 4.79 Å². The Bertz CT molecular complexity index is 613. The molecule has 0 saturated heterocycles. The number of hydrogen-bond donors (Lipinski definition) is 1. The predicted octanol–water partition coefficient (Wildman–Crippen LogP) is 1.38. The van der Waals surface area contributed by atoms with Gasteiger partial charge in [-0.2, -0.15) is 5.10 Å². The maximum atomic E-state index is 11.7. The van der Waals surface area contributed by atoms with E-state index >= 15 is 0 Å². The summed E-state index contributed by atoms with van der Waals surface area (Å²) in [5.74, 6) is 0.611. The number of fused-ring (bicyclic) bond motifs is 1. The summed E-state index contributed by atoms with van der Waals surface area (Å²) in [6.07, 6.45) is 0.796. The number of imidazole rings is 1. The molecule has 0 bridgehead atoms. The van der Waals surface area contributed by atoms with Crippen molar-refractivity contribution >= 4 is 28.7 Å². The third-order valence-electron chi connectivity index (χ3n) is 3.09. The molecule has 0 spiro atoms. The van der Waals surface area contributed by atoms with Crippen LogP contribution in [0.5, 0.6) is 0 Å². The fourth-order valence-corrected chi connectivity index (χ4v) is 2.35. The van der Waals surface area contributed by atoms with Crippen molar-refractivity contribution in [2.24, 2.45) is 7.05 Å². The summed E-state index contributed by atoms with van der Waals surface area (Å²) in [5, 5.41) is 6.77. The maximum Gasteiger partial charge on any atom is 0.239 e. The number of nitrogens with zero attached hydrogens (tertiary/aromatic N) is 4. The van der Waals surface area contributed by atoms with Crippen molar-refractivity contribution in [2.75, 3.05) is 7.05 Å². The molecule has 19 heavy (non-hydrogen) atoms. The number of nitrogens with one attached hydrogen (secondary N) is 1. The summed E-state index contributed by atoms with van der Waals surface area (Å²) in [5.41, 5.74) is 2.59.